The van der Waals surface area contributed by atoms with Crippen LogP contribution in [0.1, 0.15) is 38.7 Å². The van der Waals surface area contributed by atoms with Crippen molar-refractivity contribution in [3.05, 3.63) is 29.8 Å². The fourth-order valence-corrected chi connectivity index (χ4v) is 3.37. The normalized spacial score (nSPS) is 17.2. The van der Waals surface area contributed by atoms with Gasteiger partial charge in [0.2, 0.25) is 0 Å². The summed E-state index contributed by atoms with van der Waals surface area (Å²) in [7, 11) is -3.63. The maximum absolute atomic E-state index is 12.1. The maximum atomic E-state index is 12.1. The molecule has 19 heavy (non-hydrogen) atoms. The average Bonchev–Trinajstić information content (AvgIpc) is 2.24. The van der Waals surface area contributed by atoms with Crippen molar-refractivity contribution < 1.29 is 12.6 Å². The van der Waals surface area contributed by atoms with Crippen LogP contribution in [0.2, 0.25) is 0 Å². The molecule has 0 heterocycles. The minimum Gasteiger partial charge on any atom is -0.266 e. The Balaban J connectivity index is 2.03. The Hall–Kier alpha value is -0.870. The van der Waals surface area contributed by atoms with Gasteiger partial charge >= 0.3 is 0 Å². The van der Waals surface area contributed by atoms with Crippen LogP contribution in [0.4, 0.5) is 0 Å². The fraction of sp³-hybridized carbons (Fsp3) is 0.600. The van der Waals surface area contributed by atoms with Crippen molar-refractivity contribution in [1.29, 1.82) is 0 Å². The third-order valence-corrected chi connectivity index (χ3v) is 5.38. The van der Waals surface area contributed by atoms with Crippen molar-refractivity contribution in [2.45, 2.75) is 44.9 Å². The van der Waals surface area contributed by atoms with Gasteiger partial charge in [-0.2, -0.15) is 8.42 Å². The van der Waals surface area contributed by atoms with Crippen LogP contribution in [0.25, 0.3) is 0 Å². The molecule has 0 atom stereocenters. The van der Waals surface area contributed by atoms with Crippen molar-refractivity contribution in [3.8, 4) is 0 Å². The number of hydrogen-bond acceptors (Lipinski definition) is 3. The van der Waals surface area contributed by atoms with Gasteiger partial charge in [-0.1, -0.05) is 38.0 Å². The topological polar surface area (TPSA) is 43.4 Å². The van der Waals surface area contributed by atoms with E-state index >= 15 is 0 Å². The first-order chi connectivity index (χ1) is 8.81. The van der Waals surface area contributed by atoms with Gasteiger partial charge in [0.25, 0.3) is 10.1 Å². The van der Waals surface area contributed by atoms with E-state index in [1.165, 1.54) is 19.3 Å². The van der Waals surface area contributed by atoms with Gasteiger partial charge in [0.15, 0.2) is 0 Å². The van der Waals surface area contributed by atoms with Crippen LogP contribution in [0, 0.1) is 18.3 Å². The Bertz CT molecular complexity index is 525. The lowest BCUT2D eigenvalue weighted by molar-refractivity contribution is 0.0647. The first-order valence-electron chi connectivity index (χ1n) is 6.77. The quantitative estimate of drug-likeness (QED) is 0.776. The summed E-state index contributed by atoms with van der Waals surface area (Å²) in [6, 6.07) is 6.77. The minimum absolute atomic E-state index is 0.0734. The highest BCUT2D eigenvalue weighted by atomic mass is 32.2. The Morgan fingerprint density at radius 1 is 1.21 bits per heavy atom. The predicted molar refractivity (Wildman–Crippen MR) is 75.4 cm³/mol. The van der Waals surface area contributed by atoms with Gasteiger partial charge in [0.05, 0.1) is 11.5 Å². The van der Waals surface area contributed by atoms with E-state index in [1.54, 1.807) is 24.3 Å². The number of rotatable bonds is 5. The van der Waals surface area contributed by atoms with Gasteiger partial charge in [0, 0.05) is 0 Å². The predicted octanol–water partition coefficient (Wildman–Crippen LogP) is 3.53. The highest BCUT2D eigenvalue weighted by Crippen LogP contribution is 2.42. The third kappa shape index (κ3) is 3.37. The second-order valence-electron chi connectivity index (χ2n) is 6.15. The SMILES string of the molecule is Cc1ccc(S(=O)(=O)OCC(C)(C)C2CCC2)cc1. The summed E-state index contributed by atoms with van der Waals surface area (Å²) < 4.78 is 29.4. The van der Waals surface area contributed by atoms with Crippen molar-refractivity contribution >= 4 is 10.1 Å². The summed E-state index contributed by atoms with van der Waals surface area (Å²) >= 11 is 0. The number of hydrogen-bond donors (Lipinski definition) is 0. The van der Waals surface area contributed by atoms with Crippen LogP contribution < -0.4 is 0 Å². The van der Waals surface area contributed by atoms with E-state index < -0.39 is 10.1 Å². The van der Waals surface area contributed by atoms with Gasteiger partial charge in [-0.25, -0.2) is 0 Å². The molecule has 106 valence electrons. The molecule has 0 N–H and O–H groups in total. The molecular weight excluding hydrogens is 260 g/mol. The average molecular weight is 282 g/mol. The maximum Gasteiger partial charge on any atom is 0.296 e. The highest BCUT2D eigenvalue weighted by molar-refractivity contribution is 7.86. The molecule has 1 aromatic carbocycles. The second-order valence-corrected chi connectivity index (χ2v) is 7.76. The van der Waals surface area contributed by atoms with Crippen LogP contribution in [-0.4, -0.2) is 15.0 Å². The molecule has 0 bridgehead atoms. The summed E-state index contributed by atoms with van der Waals surface area (Å²) in [5.74, 6) is 0.584. The van der Waals surface area contributed by atoms with Gasteiger partial charge in [-0.05, 0) is 43.2 Å². The van der Waals surface area contributed by atoms with Crippen molar-refractivity contribution in [2.24, 2.45) is 11.3 Å². The zero-order valence-electron chi connectivity index (χ0n) is 11.8. The monoisotopic (exact) mass is 282 g/mol. The van der Waals surface area contributed by atoms with E-state index in [0.717, 1.165) is 5.56 Å². The molecule has 1 fully saturated rings. The Kier molecular flexibility index (Phi) is 4.02. The minimum atomic E-state index is -3.63. The molecule has 1 aliphatic rings. The van der Waals surface area contributed by atoms with Crippen LogP contribution in [-0.2, 0) is 14.3 Å². The van der Waals surface area contributed by atoms with Gasteiger partial charge < -0.3 is 0 Å². The standard InChI is InChI=1S/C15H22O3S/c1-12-7-9-14(10-8-12)19(16,17)18-11-15(2,3)13-5-4-6-13/h7-10,13H,4-6,11H2,1-3H3. The van der Waals surface area contributed by atoms with Crippen molar-refractivity contribution in [3.63, 3.8) is 0 Å². The molecule has 0 aromatic heterocycles. The molecule has 3 nitrogen and oxygen atoms in total. The molecule has 1 saturated carbocycles. The molecule has 4 heteroatoms. The van der Waals surface area contributed by atoms with Crippen LogP contribution in [0.5, 0.6) is 0 Å². The molecule has 1 aliphatic carbocycles. The van der Waals surface area contributed by atoms with E-state index in [4.69, 9.17) is 4.18 Å². The van der Waals surface area contributed by atoms with Gasteiger partial charge in [-0.15, -0.1) is 0 Å². The Morgan fingerprint density at radius 3 is 2.26 bits per heavy atom. The summed E-state index contributed by atoms with van der Waals surface area (Å²) in [6.45, 7) is 6.35. The summed E-state index contributed by atoms with van der Waals surface area (Å²) in [4.78, 5) is 0.238. The zero-order valence-corrected chi connectivity index (χ0v) is 12.7. The molecule has 0 amide bonds. The molecule has 0 spiro atoms. The van der Waals surface area contributed by atoms with E-state index in [2.05, 4.69) is 13.8 Å². The van der Waals surface area contributed by atoms with Crippen molar-refractivity contribution in [1.82, 2.24) is 0 Å². The zero-order chi connectivity index (χ0) is 14.1. The Labute approximate surface area is 116 Å². The van der Waals surface area contributed by atoms with E-state index in [0.29, 0.717) is 5.92 Å². The van der Waals surface area contributed by atoms with Gasteiger partial charge in [0.1, 0.15) is 0 Å². The largest absolute Gasteiger partial charge is 0.296 e. The Morgan fingerprint density at radius 2 is 1.79 bits per heavy atom. The van der Waals surface area contributed by atoms with E-state index in [1.807, 2.05) is 6.92 Å². The van der Waals surface area contributed by atoms with Gasteiger partial charge in [-0.3, -0.25) is 4.18 Å². The molecule has 0 radical (unpaired) electrons. The molecular formula is C15H22O3S. The smallest absolute Gasteiger partial charge is 0.266 e. The fourth-order valence-electron chi connectivity index (χ4n) is 2.31. The first kappa shape index (κ1) is 14.5. The molecule has 0 aliphatic heterocycles. The van der Waals surface area contributed by atoms with Crippen molar-refractivity contribution in [2.75, 3.05) is 6.61 Å². The highest BCUT2D eigenvalue weighted by Gasteiger charge is 2.35. The summed E-state index contributed by atoms with van der Waals surface area (Å²) in [6.07, 6.45) is 3.61. The van der Waals surface area contributed by atoms with E-state index in [9.17, 15) is 8.42 Å². The third-order valence-electron chi connectivity index (χ3n) is 4.11. The number of benzene rings is 1. The molecule has 1 aromatic rings. The van der Waals surface area contributed by atoms with Crippen LogP contribution in [0.3, 0.4) is 0 Å². The summed E-state index contributed by atoms with van der Waals surface area (Å²) in [5.41, 5.74) is 0.962. The lowest BCUT2D eigenvalue weighted by atomic mass is 9.68. The lowest BCUT2D eigenvalue weighted by Crippen LogP contribution is -2.34. The molecule has 0 unspecified atom stereocenters. The van der Waals surface area contributed by atoms with Crippen LogP contribution in [0.15, 0.2) is 29.2 Å². The lowest BCUT2D eigenvalue weighted by Gasteiger charge is -2.39. The molecule has 2 rings (SSSR count). The number of aryl methyl sites for hydroxylation is 1. The summed E-state index contributed by atoms with van der Waals surface area (Å²) in [5, 5.41) is 0. The second kappa shape index (κ2) is 5.25. The first-order valence-corrected chi connectivity index (χ1v) is 8.18. The molecule has 0 saturated heterocycles. The van der Waals surface area contributed by atoms with Crippen LogP contribution >= 0.6 is 0 Å². The van der Waals surface area contributed by atoms with E-state index in [-0.39, 0.29) is 16.9 Å².